The van der Waals surface area contributed by atoms with E-state index in [4.69, 9.17) is 34.8 Å². The third-order valence-corrected chi connectivity index (χ3v) is 5.91. The molecule has 1 amide bonds. The maximum atomic E-state index is 11.9. The predicted octanol–water partition coefficient (Wildman–Crippen LogP) is 6.43. The molecular formula is C24H32Cl3N5O. The van der Waals surface area contributed by atoms with Gasteiger partial charge in [0.25, 0.3) is 0 Å². The number of nitrogens with one attached hydrogen (secondary N) is 2. The number of rotatable bonds is 8. The minimum absolute atomic E-state index is 0.000556. The number of halogens is 3. The summed E-state index contributed by atoms with van der Waals surface area (Å²) in [7, 11) is 0. The van der Waals surface area contributed by atoms with Crippen LogP contribution in [0, 0.1) is 6.92 Å². The van der Waals surface area contributed by atoms with E-state index in [1.165, 1.54) is 0 Å². The van der Waals surface area contributed by atoms with Crippen molar-refractivity contribution in [2.75, 3.05) is 18.4 Å². The fraction of sp³-hybridized carbons (Fsp3) is 0.458. The van der Waals surface area contributed by atoms with E-state index in [0.717, 1.165) is 43.6 Å². The number of carbonyl (C=O) groups excluding carboxylic acids is 1. The molecule has 2 aromatic rings. The van der Waals surface area contributed by atoms with E-state index < -0.39 is 0 Å². The lowest BCUT2D eigenvalue weighted by Crippen LogP contribution is -2.53. The monoisotopic (exact) mass is 511 g/mol. The third kappa shape index (κ3) is 8.05. The van der Waals surface area contributed by atoms with Gasteiger partial charge in [-0.3, -0.25) is 4.79 Å². The molecule has 1 aliphatic heterocycles. The Bertz CT molecular complexity index is 955. The van der Waals surface area contributed by atoms with Gasteiger partial charge in [0, 0.05) is 35.3 Å². The predicted molar refractivity (Wildman–Crippen MR) is 138 cm³/mol. The van der Waals surface area contributed by atoms with Crippen molar-refractivity contribution in [1.82, 2.24) is 20.2 Å². The van der Waals surface area contributed by atoms with E-state index in [9.17, 15) is 4.79 Å². The second-order valence-corrected chi connectivity index (χ2v) is 9.23. The molecule has 0 radical (unpaired) electrons. The quantitative estimate of drug-likeness (QED) is 0.426. The minimum Gasteiger partial charge on any atom is -0.377 e. The molecule has 0 spiro atoms. The van der Waals surface area contributed by atoms with E-state index in [2.05, 4.69) is 41.0 Å². The van der Waals surface area contributed by atoms with Crippen LogP contribution in [0.3, 0.4) is 0 Å². The number of hydrogen-bond acceptors (Lipinski definition) is 5. The molecule has 0 aliphatic carbocycles. The smallest absolute Gasteiger partial charge is 0.245 e. The zero-order valence-electron chi connectivity index (χ0n) is 19.6. The maximum Gasteiger partial charge on any atom is 0.245 e. The molecule has 1 aromatic carbocycles. The standard InChI is InChI=1S/C13H12Cl3N3.C11H20N2O/c1-7(10-4-3-9(14)5-11(10)15)18-13-12(16)6-17-8(2)19-13;1-4-6-13(7-5-2)11(14)10-8-9(3)12-10/h3-7H,1-2H3,(H,17,18,19);10,12H,3-8H2,1-2H3. The van der Waals surface area contributed by atoms with Gasteiger partial charge in [-0.1, -0.05) is 61.3 Å². The molecule has 2 heterocycles. The zero-order chi connectivity index (χ0) is 24.5. The normalized spacial score (nSPS) is 15.5. The largest absolute Gasteiger partial charge is 0.377 e. The molecular weight excluding hydrogens is 481 g/mol. The second-order valence-electron chi connectivity index (χ2n) is 7.98. The Balaban J connectivity index is 0.000000245. The molecule has 6 nitrogen and oxygen atoms in total. The van der Waals surface area contributed by atoms with Gasteiger partial charge in [-0.15, -0.1) is 0 Å². The summed E-state index contributed by atoms with van der Waals surface area (Å²) >= 11 is 18.1. The number of carbonyl (C=O) groups is 1. The molecule has 3 rings (SSSR count). The van der Waals surface area contributed by atoms with Crippen LogP contribution in [-0.4, -0.2) is 39.9 Å². The average molecular weight is 513 g/mol. The van der Waals surface area contributed by atoms with Gasteiger partial charge in [-0.05, 0) is 44.4 Å². The van der Waals surface area contributed by atoms with E-state index in [1.54, 1.807) is 25.3 Å². The highest BCUT2D eigenvalue weighted by Crippen LogP contribution is 2.29. The van der Waals surface area contributed by atoms with Crippen LogP contribution in [0.2, 0.25) is 15.1 Å². The third-order valence-electron chi connectivity index (χ3n) is 5.07. The number of nitrogens with zero attached hydrogens (tertiary/aromatic N) is 3. The molecule has 33 heavy (non-hydrogen) atoms. The summed E-state index contributed by atoms with van der Waals surface area (Å²) in [5.74, 6) is 1.48. The van der Waals surface area contributed by atoms with Crippen LogP contribution in [0.1, 0.15) is 57.5 Å². The topological polar surface area (TPSA) is 70.2 Å². The van der Waals surface area contributed by atoms with Crippen molar-refractivity contribution in [3.8, 4) is 0 Å². The summed E-state index contributed by atoms with van der Waals surface area (Å²) < 4.78 is 0. The van der Waals surface area contributed by atoms with E-state index in [1.807, 2.05) is 17.9 Å². The molecule has 2 unspecified atom stereocenters. The maximum absolute atomic E-state index is 11.9. The SMILES string of the molecule is C=C1CC(C(=O)N(CCC)CCC)N1.Cc1ncc(Cl)c(NC(C)c2ccc(Cl)cc2Cl)n1. The summed E-state index contributed by atoms with van der Waals surface area (Å²) in [6.45, 7) is 13.5. The summed E-state index contributed by atoms with van der Waals surface area (Å²) in [5.41, 5.74) is 1.91. The first kappa shape index (κ1) is 27.2. The molecule has 2 atom stereocenters. The molecule has 1 saturated heterocycles. The Kier molecular flexibility index (Phi) is 10.7. The summed E-state index contributed by atoms with van der Waals surface area (Å²) in [4.78, 5) is 22.1. The Morgan fingerprint density at radius 3 is 2.42 bits per heavy atom. The van der Waals surface area contributed by atoms with Crippen LogP contribution < -0.4 is 10.6 Å². The molecule has 1 fully saturated rings. The molecule has 1 aromatic heterocycles. The van der Waals surface area contributed by atoms with Gasteiger partial charge in [0.15, 0.2) is 0 Å². The van der Waals surface area contributed by atoms with Crippen molar-refractivity contribution >= 4 is 46.5 Å². The second kappa shape index (κ2) is 13.0. The Morgan fingerprint density at radius 2 is 1.88 bits per heavy atom. The molecule has 2 N–H and O–H groups in total. The Morgan fingerprint density at radius 1 is 1.24 bits per heavy atom. The number of benzene rings is 1. The first-order valence-corrected chi connectivity index (χ1v) is 12.2. The number of hydrogen-bond donors (Lipinski definition) is 2. The highest BCUT2D eigenvalue weighted by atomic mass is 35.5. The fourth-order valence-corrected chi connectivity index (χ4v) is 4.12. The first-order chi connectivity index (χ1) is 15.7. The van der Waals surface area contributed by atoms with E-state index in [0.29, 0.717) is 26.7 Å². The highest BCUT2D eigenvalue weighted by molar-refractivity contribution is 6.35. The number of amides is 1. The molecule has 0 bridgehead atoms. The number of aryl methyl sites for hydroxylation is 1. The number of anilines is 1. The molecule has 180 valence electrons. The van der Waals surface area contributed by atoms with Crippen molar-refractivity contribution in [1.29, 1.82) is 0 Å². The van der Waals surface area contributed by atoms with Gasteiger partial charge in [0.1, 0.15) is 22.7 Å². The van der Waals surface area contributed by atoms with Crippen LogP contribution in [0.5, 0.6) is 0 Å². The van der Waals surface area contributed by atoms with Crippen molar-refractivity contribution < 1.29 is 4.79 Å². The Hall–Kier alpha value is -2.02. The fourth-order valence-electron chi connectivity index (χ4n) is 3.41. The van der Waals surface area contributed by atoms with Crippen molar-refractivity contribution in [3.63, 3.8) is 0 Å². The molecule has 0 saturated carbocycles. The van der Waals surface area contributed by atoms with Crippen molar-refractivity contribution in [2.24, 2.45) is 0 Å². The Labute approximate surface area is 211 Å². The van der Waals surface area contributed by atoms with Crippen LogP contribution >= 0.6 is 34.8 Å². The summed E-state index contributed by atoms with van der Waals surface area (Å²) in [6, 6.07) is 5.35. The molecule has 1 aliphatic rings. The lowest BCUT2D eigenvalue weighted by atomic mass is 10.0. The minimum atomic E-state index is -0.0448. The van der Waals surface area contributed by atoms with Crippen molar-refractivity contribution in [2.45, 2.75) is 59.0 Å². The van der Waals surface area contributed by atoms with Gasteiger partial charge in [0.2, 0.25) is 5.91 Å². The highest BCUT2D eigenvalue weighted by Gasteiger charge is 2.30. The van der Waals surface area contributed by atoms with Crippen LogP contribution in [0.15, 0.2) is 36.7 Å². The average Bonchev–Trinajstić information content (AvgIpc) is 2.74. The molecule has 9 heteroatoms. The van der Waals surface area contributed by atoms with Gasteiger partial charge >= 0.3 is 0 Å². The van der Waals surface area contributed by atoms with Crippen LogP contribution in [-0.2, 0) is 4.79 Å². The van der Waals surface area contributed by atoms with Crippen LogP contribution in [0.25, 0.3) is 0 Å². The lowest BCUT2D eigenvalue weighted by Gasteiger charge is -2.34. The van der Waals surface area contributed by atoms with E-state index in [-0.39, 0.29) is 18.0 Å². The van der Waals surface area contributed by atoms with E-state index >= 15 is 0 Å². The zero-order valence-corrected chi connectivity index (χ0v) is 21.9. The first-order valence-electron chi connectivity index (χ1n) is 11.1. The van der Waals surface area contributed by atoms with Gasteiger partial charge in [0.05, 0.1) is 12.2 Å². The van der Waals surface area contributed by atoms with Crippen molar-refractivity contribution in [3.05, 3.63) is 63.1 Å². The summed E-state index contributed by atoms with van der Waals surface area (Å²) in [5, 5.41) is 7.96. The van der Waals surface area contributed by atoms with Gasteiger partial charge < -0.3 is 15.5 Å². The van der Waals surface area contributed by atoms with Gasteiger partial charge in [-0.25, -0.2) is 9.97 Å². The van der Waals surface area contributed by atoms with Gasteiger partial charge in [-0.2, -0.15) is 0 Å². The van der Waals surface area contributed by atoms with Crippen LogP contribution in [0.4, 0.5) is 5.82 Å². The number of aromatic nitrogens is 2. The summed E-state index contributed by atoms with van der Waals surface area (Å²) in [6.07, 6.45) is 4.43. The lowest BCUT2D eigenvalue weighted by molar-refractivity contribution is -0.134.